The number of rotatable bonds is 11. The van der Waals surface area contributed by atoms with Gasteiger partial charge in [0.1, 0.15) is 11.8 Å². The van der Waals surface area contributed by atoms with Crippen molar-refractivity contribution in [2.24, 2.45) is 17.6 Å². The Morgan fingerprint density at radius 3 is 2.36 bits per heavy atom. The van der Waals surface area contributed by atoms with Crippen molar-refractivity contribution >= 4 is 42.8 Å². The Kier molecular flexibility index (Phi) is 9.27. The number of hydrogen-bond donors (Lipinski definition) is 2. The first-order chi connectivity index (χ1) is 17.1. The van der Waals surface area contributed by atoms with E-state index in [0.29, 0.717) is 19.3 Å². The highest BCUT2D eigenvalue weighted by atomic mass is 32.2. The highest BCUT2D eigenvalue weighted by molar-refractivity contribution is 7.93. The Hall–Kier alpha value is -2.75. The predicted octanol–water partition coefficient (Wildman–Crippen LogP) is 2.23. The van der Waals surface area contributed by atoms with Crippen molar-refractivity contribution in [1.82, 2.24) is 5.32 Å². The lowest BCUT2D eigenvalue weighted by molar-refractivity contribution is -0.127. The van der Waals surface area contributed by atoms with Gasteiger partial charge in [-0.15, -0.1) is 11.3 Å². The minimum absolute atomic E-state index is 0.0230. The number of hydrogen-bond acceptors (Lipinski definition) is 8. The van der Waals surface area contributed by atoms with Crippen LogP contribution in [0, 0.1) is 23.2 Å². The number of sulfone groups is 2. The van der Waals surface area contributed by atoms with Crippen LogP contribution in [0.15, 0.2) is 51.6 Å². The van der Waals surface area contributed by atoms with E-state index >= 15 is 0 Å². The molecular weight excluding hydrogens is 522 g/mol. The van der Waals surface area contributed by atoms with Gasteiger partial charge in [-0.25, -0.2) is 16.8 Å². The van der Waals surface area contributed by atoms with Crippen molar-refractivity contribution < 1.29 is 26.4 Å². The Balaban J connectivity index is 1.76. The zero-order valence-electron chi connectivity index (χ0n) is 19.6. The van der Waals surface area contributed by atoms with Gasteiger partial charge in [-0.1, -0.05) is 18.9 Å². The molecule has 1 aromatic heterocycles. The van der Waals surface area contributed by atoms with Crippen LogP contribution in [0.1, 0.15) is 37.0 Å². The molecule has 0 bridgehead atoms. The smallest absolute Gasteiger partial charge is 0.236 e. The van der Waals surface area contributed by atoms with Gasteiger partial charge in [0.05, 0.1) is 21.6 Å². The minimum atomic E-state index is -4.12. The van der Waals surface area contributed by atoms with Gasteiger partial charge in [-0.2, -0.15) is 5.26 Å². The van der Waals surface area contributed by atoms with Gasteiger partial charge in [0.15, 0.2) is 19.7 Å². The summed E-state index contributed by atoms with van der Waals surface area (Å²) in [5, 5.41) is 11.6. The molecule has 1 fully saturated rings. The molecule has 36 heavy (non-hydrogen) atoms. The summed E-state index contributed by atoms with van der Waals surface area (Å²) in [5.41, 5.74) is 5.41. The molecule has 12 heteroatoms. The van der Waals surface area contributed by atoms with E-state index in [9.17, 15) is 26.4 Å². The summed E-state index contributed by atoms with van der Waals surface area (Å²) >= 11 is 1.45. The van der Waals surface area contributed by atoms with E-state index in [2.05, 4.69) is 5.32 Å². The molecule has 3 rings (SSSR count). The van der Waals surface area contributed by atoms with Gasteiger partial charge in [0.2, 0.25) is 11.8 Å². The number of carbonyl (C=O) groups excluding carboxylic acids is 2. The number of carbonyl (C=O) groups is 2. The Morgan fingerprint density at radius 2 is 1.75 bits per heavy atom. The molecule has 1 aromatic carbocycles. The lowest BCUT2D eigenvalue weighted by Crippen LogP contribution is -2.39. The average Bonchev–Trinajstić information content (AvgIpc) is 3.36. The van der Waals surface area contributed by atoms with Gasteiger partial charge >= 0.3 is 0 Å². The topological polar surface area (TPSA) is 164 Å². The maximum absolute atomic E-state index is 13.1. The van der Waals surface area contributed by atoms with E-state index in [1.54, 1.807) is 0 Å². The van der Waals surface area contributed by atoms with Crippen molar-refractivity contribution in [3.63, 3.8) is 0 Å². The van der Waals surface area contributed by atoms with E-state index in [-0.39, 0.29) is 34.4 Å². The summed E-state index contributed by atoms with van der Waals surface area (Å²) in [6, 6.07) is 10.3. The van der Waals surface area contributed by atoms with Gasteiger partial charge < -0.3 is 11.1 Å². The molecule has 1 aliphatic rings. The summed E-state index contributed by atoms with van der Waals surface area (Å²) in [5.74, 6) is -2.43. The molecule has 2 amide bonds. The molecule has 1 aliphatic carbocycles. The number of nitrogens with zero attached hydrogens (tertiary/aromatic N) is 1. The molecule has 3 N–H and O–H groups in total. The quantitative estimate of drug-likeness (QED) is 0.404. The van der Waals surface area contributed by atoms with Crippen molar-refractivity contribution in [2.75, 3.05) is 12.3 Å². The predicted molar refractivity (Wildman–Crippen MR) is 135 cm³/mol. The lowest BCUT2D eigenvalue weighted by atomic mass is 9.80. The van der Waals surface area contributed by atoms with E-state index in [4.69, 9.17) is 11.0 Å². The van der Waals surface area contributed by atoms with Crippen molar-refractivity contribution in [3.05, 3.63) is 46.7 Å². The molecule has 2 aromatic rings. The van der Waals surface area contributed by atoms with Gasteiger partial charge in [-0.05, 0) is 67.3 Å². The van der Waals surface area contributed by atoms with Crippen LogP contribution >= 0.6 is 11.3 Å². The van der Waals surface area contributed by atoms with Gasteiger partial charge in [0.25, 0.3) is 0 Å². The highest BCUT2D eigenvalue weighted by Gasteiger charge is 2.35. The molecule has 1 saturated carbocycles. The average molecular weight is 552 g/mol. The first-order valence-electron chi connectivity index (χ1n) is 11.6. The highest BCUT2D eigenvalue weighted by Crippen LogP contribution is 2.33. The standard InChI is InChI=1S/C24H29N3O6S3/c25-13-14-27-24(29)21-6-2-1-4-17(21)16-35(30,31)19-8-10-20(11-9-19)36(32,33)22(23(26)28)12-7-18-5-3-15-34-18/h3,5,8-11,15,17,21-22H,1-2,4,6-7,12,14,16H2,(H2,26,28)(H,27,29)/t17-,21+,22?/m1/s1. The fraction of sp³-hybridized carbons (Fsp3) is 0.458. The van der Waals surface area contributed by atoms with E-state index < -0.39 is 42.7 Å². The van der Waals surface area contributed by atoms with Crippen molar-refractivity contribution in [2.45, 2.75) is 53.6 Å². The number of aryl methyl sites for hydroxylation is 1. The van der Waals surface area contributed by atoms with Crippen LogP contribution in [0.4, 0.5) is 0 Å². The van der Waals surface area contributed by atoms with E-state index in [1.807, 2.05) is 23.6 Å². The number of primary amides is 1. The van der Waals surface area contributed by atoms with Crippen LogP contribution in [0.25, 0.3) is 0 Å². The minimum Gasteiger partial charge on any atom is -0.369 e. The summed E-state index contributed by atoms with van der Waals surface area (Å²) in [4.78, 5) is 25.1. The normalized spacial score (nSPS) is 19.2. The number of thiophene rings is 1. The second-order valence-corrected chi connectivity index (χ2v) is 14.0. The molecular formula is C24H29N3O6S3. The number of nitrogens with one attached hydrogen (secondary N) is 1. The molecule has 194 valence electrons. The Morgan fingerprint density at radius 1 is 1.08 bits per heavy atom. The Labute approximate surface area is 215 Å². The number of benzene rings is 1. The SMILES string of the molecule is N#CCNC(=O)[C@H]1CCCC[C@@H]1CS(=O)(=O)c1ccc(S(=O)(=O)C(CCc2cccs2)C(N)=O)cc1. The summed E-state index contributed by atoms with van der Waals surface area (Å²) in [6.45, 7) is -0.135. The van der Waals surface area contributed by atoms with Gasteiger partial charge in [-0.3, -0.25) is 9.59 Å². The van der Waals surface area contributed by atoms with Crippen LogP contribution in [-0.2, 0) is 35.7 Å². The molecule has 1 unspecified atom stereocenters. The van der Waals surface area contributed by atoms with Crippen LogP contribution in [-0.4, -0.2) is 46.2 Å². The zero-order chi connectivity index (χ0) is 26.3. The fourth-order valence-corrected chi connectivity index (χ4v) is 8.58. The summed E-state index contributed by atoms with van der Waals surface area (Å²) < 4.78 is 52.4. The van der Waals surface area contributed by atoms with E-state index in [1.165, 1.54) is 35.6 Å². The summed E-state index contributed by atoms with van der Waals surface area (Å²) in [7, 11) is -7.93. The molecule has 9 nitrogen and oxygen atoms in total. The first-order valence-corrected chi connectivity index (χ1v) is 15.7. The zero-order valence-corrected chi connectivity index (χ0v) is 22.1. The van der Waals surface area contributed by atoms with Crippen molar-refractivity contribution in [3.8, 4) is 6.07 Å². The number of amides is 2. The van der Waals surface area contributed by atoms with Crippen LogP contribution in [0.2, 0.25) is 0 Å². The fourth-order valence-electron chi connectivity index (χ4n) is 4.57. The van der Waals surface area contributed by atoms with Crippen LogP contribution < -0.4 is 11.1 Å². The second-order valence-electron chi connectivity index (χ2n) is 8.83. The Bertz CT molecular complexity index is 1310. The lowest BCUT2D eigenvalue weighted by Gasteiger charge is -2.30. The molecule has 0 aliphatic heterocycles. The molecule has 1 heterocycles. The van der Waals surface area contributed by atoms with E-state index in [0.717, 1.165) is 17.7 Å². The molecule has 0 spiro atoms. The second kappa shape index (κ2) is 12.0. The van der Waals surface area contributed by atoms with Crippen LogP contribution in [0.5, 0.6) is 0 Å². The third-order valence-corrected chi connectivity index (χ3v) is 11.4. The van der Waals surface area contributed by atoms with Crippen molar-refractivity contribution in [1.29, 1.82) is 5.26 Å². The summed E-state index contributed by atoms with van der Waals surface area (Å²) in [6.07, 6.45) is 3.13. The maximum atomic E-state index is 13.1. The third kappa shape index (κ3) is 6.72. The monoisotopic (exact) mass is 551 g/mol. The number of nitriles is 1. The maximum Gasteiger partial charge on any atom is 0.236 e. The third-order valence-electron chi connectivity index (χ3n) is 6.46. The first kappa shape index (κ1) is 27.8. The van der Waals surface area contributed by atoms with Crippen LogP contribution in [0.3, 0.4) is 0 Å². The van der Waals surface area contributed by atoms with Gasteiger partial charge in [0, 0.05) is 10.8 Å². The largest absolute Gasteiger partial charge is 0.369 e. The molecule has 3 atom stereocenters. The molecule has 0 radical (unpaired) electrons. The molecule has 0 saturated heterocycles. The number of nitrogens with two attached hydrogens (primary N) is 1.